The minimum atomic E-state index is -0.247. The Hall–Kier alpha value is -1.98. The average Bonchev–Trinajstić information content (AvgIpc) is 3.32. The summed E-state index contributed by atoms with van der Waals surface area (Å²) in [5.74, 6) is 1.77. The number of hydrogen-bond donors (Lipinski definition) is 2. The van der Waals surface area contributed by atoms with Crippen molar-refractivity contribution < 1.29 is 14.0 Å². The van der Waals surface area contributed by atoms with Crippen LogP contribution in [0.4, 0.5) is 4.79 Å². The monoisotopic (exact) mass is 333 g/mol. The van der Waals surface area contributed by atoms with Crippen LogP contribution in [0, 0.1) is 0 Å². The molecule has 0 spiro atoms. The van der Waals surface area contributed by atoms with Crippen LogP contribution >= 0.6 is 0 Å². The van der Waals surface area contributed by atoms with Crippen LogP contribution in [0.25, 0.3) is 0 Å². The quantitative estimate of drug-likeness (QED) is 0.870. The van der Waals surface area contributed by atoms with Gasteiger partial charge in [-0.3, -0.25) is 4.79 Å². The van der Waals surface area contributed by atoms with E-state index in [1.165, 1.54) is 0 Å². The van der Waals surface area contributed by atoms with Crippen LogP contribution in [-0.4, -0.2) is 36.0 Å². The molecule has 1 aliphatic heterocycles. The van der Waals surface area contributed by atoms with Gasteiger partial charge in [-0.2, -0.15) is 0 Å². The van der Waals surface area contributed by atoms with Crippen molar-refractivity contribution in [3.63, 3.8) is 0 Å². The van der Waals surface area contributed by atoms with Gasteiger partial charge in [0.15, 0.2) is 0 Å². The van der Waals surface area contributed by atoms with Crippen molar-refractivity contribution in [3.05, 3.63) is 23.7 Å². The van der Waals surface area contributed by atoms with Crippen LogP contribution in [0.5, 0.6) is 0 Å². The van der Waals surface area contributed by atoms with E-state index in [2.05, 4.69) is 17.6 Å². The maximum absolute atomic E-state index is 12.7. The molecule has 2 heterocycles. The van der Waals surface area contributed by atoms with Crippen LogP contribution in [0.15, 0.2) is 16.5 Å². The molecule has 1 saturated carbocycles. The second-order valence-corrected chi connectivity index (χ2v) is 6.71. The lowest BCUT2D eigenvalue weighted by molar-refractivity contribution is -0.132. The van der Waals surface area contributed by atoms with Crippen molar-refractivity contribution in [2.24, 2.45) is 0 Å². The zero-order valence-corrected chi connectivity index (χ0v) is 14.3. The summed E-state index contributed by atoms with van der Waals surface area (Å²) in [5, 5.41) is 5.53. The first-order valence-electron chi connectivity index (χ1n) is 9.10. The summed E-state index contributed by atoms with van der Waals surface area (Å²) >= 11 is 0. The van der Waals surface area contributed by atoms with Gasteiger partial charge in [-0.25, -0.2) is 4.79 Å². The molecule has 2 fully saturated rings. The number of hydrogen-bond acceptors (Lipinski definition) is 3. The maximum Gasteiger partial charge on any atom is 0.315 e. The summed E-state index contributed by atoms with van der Waals surface area (Å²) in [4.78, 5) is 26.3. The Labute approximate surface area is 143 Å². The number of urea groups is 1. The molecule has 132 valence electrons. The fraction of sp³-hybridized carbons (Fsp3) is 0.667. The number of amides is 3. The van der Waals surface area contributed by atoms with E-state index in [1.807, 2.05) is 17.0 Å². The van der Waals surface area contributed by atoms with Gasteiger partial charge in [-0.1, -0.05) is 19.8 Å². The number of carbonyl (C=O) groups excluding carboxylic acids is 2. The standard InChI is InChI=1S/C18H27N3O3/c1-2-14-9-10-16(24-14)15-6-4-3-5-11-21(15)17(22)12-19-18(23)20-13-7-8-13/h9-10,13,15H,2-8,11-12H2,1H3,(H2,19,20,23)/t15-/m1/s1. The summed E-state index contributed by atoms with van der Waals surface area (Å²) in [7, 11) is 0. The van der Waals surface area contributed by atoms with E-state index in [0.29, 0.717) is 6.04 Å². The molecular weight excluding hydrogens is 306 g/mol. The predicted octanol–water partition coefficient (Wildman–Crippen LogP) is 2.75. The summed E-state index contributed by atoms with van der Waals surface area (Å²) in [6, 6.07) is 4.01. The zero-order chi connectivity index (χ0) is 16.9. The SMILES string of the molecule is CCc1ccc([C@H]2CCCCCN2C(=O)CNC(=O)NC2CC2)o1. The highest BCUT2D eigenvalue weighted by Crippen LogP contribution is 2.31. The van der Waals surface area contributed by atoms with Gasteiger partial charge in [0.2, 0.25) is 5.91 Å². The number of aryl methyl sites for hydroxylation is 1. The number of nitrogens with one attached hydrogen (secondary N) is 2. The molecule has 2 N–H and O–H groups in total. The molecule has 0 radical (unpaired) electrons. The van der Waals surface area contributed by atoms with Crippen molar-refractivity contribution in [1.82, 2.24) is 15.5 Å². The molecule has 1 aromatic rings. The molecule has 1 aromatic heterocycles. The van der Waals surface area contributed by atoms with Gasteiger partial charge in [-0.15, -0.1) is 0 Å². The molecule has 1 aliphatic carbocycles. The highest BCUT2D eigenvalue weighted by atomic mass is 16.3. The molecule has 0 aromatic carbocycles. The van der Waals surface area contributed by atoms with Crippen molar-refractivity contribution in [3.8, 4) is 0 Å². The zero-order valence-electron chi connectivity index (χ0n) is 14.3. The van der Waals surface area contributed by atoms with Crippen LogP contribution in [0.1, 0.15) is 63.0 Å². The van der Waals surface area contributed by atoms with Crippen molar-refractivity contribution in [2.45, 2.75) is 64.0 Å². The Morgan fingerprint density at radius 2 is 2.04 bits per heavy atom. The number of carbonyl (C=O) groups is 2. The molecule has 24 heavy (non-hydrogen) atoms. The molecule has 1 saturated heterocycles. The maximum atomic E-state index is 12.7. The van der Waals surface area contributed by atoms with Crippen molar-refractivity contribution >= 4 is 11.9 Å². The molecule has 2 aliphatic rings. The predicted molar refractivity (Wildman–Crippen MR) is 90.6 cm³/mol. The van der Waals surface area contributed by atoms with E-state index < -0.39 is 0 Å². The summed E-state index contributed by atoms with van der Waals surface area (Å²) < 4.78 is 5.90. The van der Waals surface area contributed by atoms with E-state index in [9.17, 15) is 9.59 Å². The van der Waals surface area contributed by atoms with E-state index in [1.54, 1.807) is 0 Å². The molecule has 3 rings (SSSR count). The summed E-state index contributed by atoms with van der Waals surface area (Å²) in [5.41, 5.74) is 0. The van der Waals surface area contributed by atoms with Gasteiger partial charge in [0, 0.05) is 19.0 Å². The minimum absolute atomic E-state index is 0.0198. The second kappa shape index (κ2) is 7.73. The Morgan fingerprint density at radius 3 is 2.75 bits per heavy atom. The van der Waals surface area contributed by atoms with Gasteiger partial charge in [0.05, 0.1) is 12.6 Å². The van der Waals surface area contributed by atoms with Crippen molar-refractivity contribution in [2.75, 3.05) is 13.1 Å². The highest BCUT2D eigenvalue weighted by Gasteiger charge is 2.29. The van der Waals surface area contributed by atoms with Gasteiger partial charge in [0.1, 0.15) is 11.5 Å². The van der Waals surface area contributed by atoms with Gasteiger partial charge in [0.25, 0.3) is 0 Å². The van der Waals surface area contributed by atoms with E-state index >= 15 is 0 Å². The topological polar surface area (TPSA) is 74.6 Å². The third kappa shape index (κ3) is 4.30. The fourth-order valence-electron chi connectivity index (χ4n) is 3.19. The molecule has 1 atom stereocenters. The Balaban J connectivity index is 1.62. The van der Waals surface area contributed by atoms with E-state index in [0.717, 1.165) is 63.0 Å². The van der Waals surface area contributed by atoms with Gasteiger partial charge in [-0.05, 0) is 37.8 Å². The lowest BCUT2D eigenvalue weighted by Gasteiger charge is -2.29. The summed E-state index contributed by atoms with van der Waals surface area (Å²) in [6.45, 7) is 2.81. The fourth-order valence-corrected chi connectivity index (χ4v) is 3.19. The van der Waals surface area contributed by atoms with Crippen LogP contribution in [-0.2, 0) is 11.2 Å². The van der Waals surface area contributed by atoms with Crippen LogP contribution in [0.2, 0.25) is 0 Å². The first-order chi connectivity index (χ1) is 11.7. The van der Waals surface area contributed by atoms with E-state index in [-0.39, 0.29) is 24.5 Å². The summed E-state index contributed by atoms with van der Waals surface area (Å²) in [6.07, 6.45) is 7.04. The Kier molecular flexibility index (Phi) is 5.43. The van der Waals surface area contributed by atoms with Crippen LogP contribution in [0.3, 0.4) is 0 Å². The Bertz CT molecular complexity index is 580. The number of nitrogens with zero attached hydrogens (tertiary/aromatic N) is 1. The lowest BCUT2D eigenvalue weighted by Crippen LogP contribution is -2.45. The molecular formula is C18H27N3O3. The number of rotatable bonds is 5. The van der Waals surface area contributed by atoms with Crippen LogP contribution < -0.4 is 10.6 Å². The smallest absolute Gasteiger partial charge is 0.315 e. The molecule has 0 unspecified atom stereocenters. The largest absolute Gasteiger partial charge is 0.464 e. The number of likely N-dealkylation sites (tertiary alicyclic amines) is 1. The minimum Gasteiger partial charge on any atom is -0.464 e. The average molecular weight is 333 g/mol. The third-order valence-electron chi connectivity index (χ3n) is 4.75. The lowest BCUT2D eigenvalue weighted by atomic mass is 10.1. The highest BCUT2D eigenvalue weighted by molar-refractivity contribution is 5.84. The molecule has 3 amide bonds. The third-order valence-corrected chi connectivity index (χ3v) is 4.75. The first kappa shape index (κ1) is 16.9. The molecule has 6 heteroatoms. The normalized spacial score (nSPS) is 21.2. The van der Waals surface area contributed by atoms with E-state index in [4.69, 9.17) is 4.42 Å². The van der Waals surface area contributed by atoms with Crippen molar-refractivity contribution in [1.29, 1.82) is 0 Å². The second-order valence-electron chi connectivity index (χ2n) is 6.71. The van der Waals surface area contributed by atoms with Gasteiger partial charge >= 0.3 is 6.03 Å². The first-order valence-corrected chi connectivity index (χ1v) is 9.10. The Morgan fingerprint density at radius 1 is 1.21 bits per heavy atom. The molecule has 6 nitrogen and oxygen atoms in total. The number of furan rings is 1. The molecule has 0 bridgehead atoms. The van der Waals surface area contributed by atoms with Gasteiger partial charge < -0.3 is 20.0 Å².